The first kappa shape index (κ1) is 12.6. The lowest BCUT2D eigenvalue weighted by Crippen LogP contribution is -2.35. The van der Waals surface area contributed by atoms with Crippen LogP contribution < -0.4 is 0 Å². The molecule has 0 aromatic heterocycles. The monoisotopic (exact) mass is 237 g/mol. The summed E-state index contributed by atoms with van der Waals surface area (Å²) >= 11 is 0. The first-order chi connectivity index (χ1) is 8.20. The zero-order valence-electron chi connectivity index (χ0n) is 10.8. The van der Waals surface area contributed by atoms with Gasteiger partial charge in [0.1, 0.15) is 0 Å². The Bertz CT molecular complexity index is 297. The van der Waals surface area contributed by atoms with Gasteiger partial charge < -0.3 is 4.90 Å². The van der Waals surface area contributed by atoms with E-state index in [4.69, 9.17) is 0 Å². The number of amides is 1. The smallest absolute Gasteiger partial charge is 0.222 e. The third kappa shape index (κ3) is 3.55. The molecule has 96 valence electrons. The van der Waals surface area contributed by atoms with Gasteiger partial charge in [0, 0.05) is 18.9 Å². The van der Waals surface area contributed by atoms with Gasteiger partial charge in [-0.1, -0.05) is 19.8 Å². The maximum atomic E-state index is 11.9. The third-order valence-corrected chi connectivity index (χ3v) is 4.00. The van der Waals surface area contributed by atoms with Crippen molar-refractivity contribution in [2.45, 2.75) is 51.9 Å². The molecule has 1 saturated carbocycles. The molecule has 0 N–H and O–H groups in total. The van der Waals surface area contributed by atoms with E-state index in [2.05, 4.69) is 6.92 Å². The second kappa shape index (κ2) is 5.65. The summed E-state index contributed by atoms with van der Waals surface area (Å²) in [5.41, 5.74) is 0. The Morgan fingerprint density at radius 1 is 1.29 bits per heavy atom. The number of likely N-dealkylation sites (tertiary alicyclic amines) is 1. The predicted molar refractivity (Wildman–Crippen MR) is 66.6 cm³/mol. The van der Waals surface area contributed by atoms with Crippen LogP contribution >= 0.6 is 0 Å². The fourth-order valence-electron chi connectivity index (χ4n) is 2.68. The minimum Gasteiger partial charge on any atom is -0.335 e. The predicted octanol–water partition coefficient (Wildman–Crippen LogP) is 2.39. The Morgan fingerprint density at radius 3 is 2.71 bits per heavy atom. The molecule has 2 fully saturated rings. The fourth-order valence-corrected chi connectivity index (χ4v) is 2.68. The number of nitrogens with zero attached hydrogens (tertiary/aromatic N) is 1. The van der Waals surface area contributed by atoms with Gasteiger partial charge in [-0.15, -0.1) is 0 Å². The van der Waals surface area contributed by atoms with Gasteiger partial charge in [0.25, 0.3) is 0 Å². The highest BCUT2D eigenvalue weighted by Crippen LogP contribution is 2.30. The van der Waals surface area contributed by atoms with Crippen LogP contribution in [0.3, 0.4) is 0 Å². The van der Waals surface area contributed by atoms with E-state index in [1.165, 1.54) is 12.8 Å². The molecule has 1 heterocycles. The molecule has 1 saturated heterocycles. The number of carbonyl (C=O) groups excluding carboxylic acids is 2. The average molecular weight is 237 g/mol. The molecule has 0 radical (unpaired) electrons. The second-order valence-electron chi connectivity index (χ2n) is 5.54. The lowest BCUT2D eigenvalue weighted by molar-refractivity contribution is -0.135. The molecule has 1 aliphatic heterocycles. The maximum absolute atomic E-state index is 11.9. The lowest BCUT2D eigenvalue weighted by atomic mass is 9.96. The highest BCUT2D eigenvalue weighted by Gasteiger charge is 2.32. The molecule has 0 aromatic rings. The van der Waals surface area contributed by atoms with Gasteiger partial charge >= 0.3 is 0 Å². The van der Waals surface area contributed by atoms with E-state index in [-0.39, 0.29) is 17.6 Å². The average Bonchev–Trinajstić information content (AvgIpc) is 3.13. The summed E-state index contributed by atoms with van der Waals surface area (Å²) in [6.45, 7) is 3.37. The summed E-state index contributed by atoms with van der Waals surface area (Å²) in [6, 6.07) is 0. The summed E-state index contributed by atoms with van der Waals surface area (Å²) in [5.74, 6) is 1.44. The van der Waals surface area contributed by atoms with Crippen molar-refractivity contribution >= 4 is 11.7 Å². The van der Waals surface area contributed by atoms with E-state index in [0.717, 1.165) is 32.2 Å². The van der Waals surface area contributed by atoms with Crippen LogP contribution in [-0.2, 0) is 9.59 Å². The van der Waals surface area contributed by atoms with Crippen molar-refractivity contribution in [1.29, 1.82) is 0 Å². The lowest BCUT2D eigenvalue weighted by Gasteiger charge is -2.19. The highest BCUT2D eigenvalue weighted by molar-refractivity contribution is 5.89. The molecule has 17 heavy (non-hydrogen) atoms. The summed E-state index contributed by atoms with van der Waals surface area (Å²) in [6.07, 6.45) is 7.23. The molecular weight excluding hydrogens is 214 g/mol. The van der Waals surface area contributed by atoms with Crippen LogP contribution in [0.25, 0.3) is 0 Å². The normalized spacial score (nSPS) is 25.8. The van der Waals surface area contributed by atoms with Gasteiger partial charge in [-0.25, -0.2) is 0 Å². The van der Waals surface area contributed by atoms with Crippen molar-refractivity contribution in [3.8, 4) is 0 Å². The van der Waals surface area contributed by atoms with Crippen molar-refractivity contribution in [2.24, 2.45) is 11.8 Å². The van der Waals surface area contributed by atoms with Gasteiger partial charge in [0.2, 0.25) is 5.91 Å². The van der Waals surface area contributed by atoms with Crippen molar-refractivity contribution in [3.05, 3.63) is 0 Å². The van der Waals surface area contributed by atoms with E-state index in [1.807, 2.05) is 0 Å². The minimum absolute atomic E-state index is 0.192. The maximum Gasteiger partial charge on any atom is 0.222 e. The molecule has 3 nitrogen and oxygen atoms in total. The summed E-state index contributed by atoms with van der Waals surface area (Å²) in [7, 11) is 0. The van der Waals surface area contributed by atoms with E-state index < -0.39 is 0 Å². The molecule has 1 aliphatic carbocycles. The Balaban J connectivity index is 1.84. The summed E-state index contributed by atoms with van der Waals surface area (Å²) in [4.78, 5) is 25.5. The Morgan fingerprint density at radius 2 is 2.06 bits per heavy atom. The highest BCUT2D eigenvalue weighted by atomic mass is 16.2. The van der Waals surface area contributed by atoms with E-state index in [1.54, 1.807) is 4.90 Å². The van der Waals surface area contributed by atoms with Gasteiger partial charge in [-0.2, -0.15) is 0 Å². The van der Waals surface area contributed by atoms with E-state index in [9.17, 15) is 9.59 Å². The Labute approximate surface area is 104 Å². The molecule has 0 bridgehead atoms. The SMILES string of the molecule is CCCC1CCC(=O)N(CC(=O)C2CC2)CC1. The molecule has 1 amide bonds. The van der Waals surface area contributed by atoms with Crippen LogP contribution in [0.1, 0.15) is 51.9 Å². The van der Waals surface area contributed by atoms with Crippen LogP contribution in [0.4, 0.5) is 0 Å². The van der Waals surface area contributed by atoms with Gasteiger partial charge in [0.15, 0.2) is 5.78 Å². The zero-order chi connectivity index (χ0) is 12.3. The van der Waals surface area contributed by atoms with Crippen LogP contribution in [-0.4, -0.2) is 29.7 Å². The fraction of sp³-hybridized carbons (Fsp3) is 0.857. The first-order valence-electron chi connectivity index (χ1n) is 7.01. The number of ketones is 1. The Kier molecular flexibility index (Phi) is 4.19. The van der Waals surface area contributed by atoms with Crippen LogP contribution in [0.5, 0.6) is 0 Å². The van der Waals surface area contributed by atoms with Crippen molar-refractivity contribution < 1.29 is 9.59 Å². The largest absolute Gasteiger partial charge is 0.335 e. The number of hydrogen-bond donors (Lipinski definition) is 0. The number of hydrogen-bond acceptors (Lipinski definition) is 2. The minimum atomic E-state index is 0.192. The van der Waals surface area contributed by atoms with Crippen LogP contribution in [0.15, 0.2) is 0 Å². The molecule has 0 aromatic carbocycles. The molecule has 1 atom stereocenters. The molecule has 1 unspecified atom stereocenters. The second-order valence-corrected chi connectivity index (χ2v) is 5.54. The zero-order valence-corrected chi connectivity index (χ0v) is 10.8. The van der Waals surface area contributed by atoms with Crippen molar-refractivity contribution in [2.75, 3.05) is 13.1 Å². The third-order valence-electron chi connectivity index (χ3n) is 4.00. The number of Topliss-reactive ketones (excluding diaryl/α,β-unsaturated/α-hetero) is 1. The van der Waals surface area contributed by atoms with Crippen molar-refractivity contribution in [3.63, 3.8) is 0 Å². The van der Waals surface area contributed by atoms with E-state index >= 15 is 0 Å². The van der Waals surface area contributed by atoms with Crippen LogP contribution in [0.2, 0.25) is 0 Å². The topological polar surface area (TPSA) is 37.4 Å². The van der Waals surface area contributed by atoms with E-state index in [0.29, 0.717) is 18.9 Å². The van der Waals surface area contributed by atoms with Gasteiger partial charge in [-0.05, 0) is 31.6 Å². The number of rotatable bonds is 5. The van der Waals surface area contributed by atoms with Gasteiger partial charge in [0.05, 0.1) is 6.54 Å². The Hall–Kier alpha value is -0.860. The van der Waals surface area contributed by atoms with Crippen LogP contribution in [0, 0.1) is 11.8 Å². The molecule has 2 rings (SSSR count). The number of carbonyl (C=O) groups is 2. The van der Waals surface area contributed by atoms with Crippen molar-refractivity contribution in [1.82, 2.24) is 4.90 Å². The quantitative estimate of drug-likeness (QED) is 0.736. The summed E-state index contributed by atoms with van der Waals surface area (Å²) in [5, 5.41) is 0. The summed E-state index contributed by atoms with van der Waals surface area (Å²) < 4.78 is 0. The molecular formula is C14H23NO2. The molecule has 0 spiro atoms. The first-order valence-corrected chi connectivity index (χ1v) is 7.01. The van der Waals surface area contributed by atoms with Gasteiger partial charge in [-0.3, -0.25) is 9.59 Å². The standard InChI is InChI=1S/C14H23NO2/c1-2-3-11-4-7-14(17)15(9-8-11)10-13(16)12-5-6-12/h11-12H,2-10H2,1H3. The molecule has 2 aliphatic rings. The molecule has 3 heteroatoms.